The van der Waals surface area contributed by atoms with Crippen molar-refractivity contribution in [3.05, 3.63) is 29.7 Å². The molecule has 2 aliphatic rings. The van der Waals surface area contributed by atoms with E-state index in [1.165, 1.54) is 6.26 Å². The largest absolute Gasteiger partial charge is 0.465 e. The molecule has 1 fully saturated rings. The van der Waals surface area contributed by atoms with Crippen molar-refractivity contribution in [1.29, 1.82) is 0 Å². The molecule has 1 aromatic rings. The number of rotatable bonds is 2. The molecule has 0 aromatic carbocycles. The number of carbonyl (C=O) groups is 1. The lowest BCUT2D eigenvalue weighted by molar-refractivity contribution is -0.167. The highest BCUT2D eigenvalue weighted by molar-refractivity contribution is 6.09. The van der Waals surface area contributed by atoms with Crippen molar-refractivity contribution >= 4 is 11.4 Å². The fourth-order valence-electron chi connectivity index (χ4n) is 3.15. The molecule has 96 valence electrons. The summed E-state index contributed by atoms with van der Waals surface area (Å²) in [6, 6.07) is 3.24. The first-order chi connectivity index (χ1) is 8.50. The van der Waals surface area contributed by atoms with Gasteiger partial charge < -0.3 is 4.42 Å². The molecular weight excluding hydrogens is 245 g/mol. The van der Waals surface area contributed by atoms with Crippen LogP contribution in [0.1, 0.15) is 25.0 Å². The fourth-order valence-corrected chi connectivity index (χ4v) is 3.15. The lowest BCUT2D eigenvalue weighted by atomic mass is 9.67. The summed E-state index contributed by atoms with van der Waals surface area (Å²) < 4.78 is 42.9. The number of Topliss-reactive ketones (excluding diaryl/α,β-unsaturated/α-hetero) is 1. The van der Waals surface area contributed by atoms with Crippen LogP contribution in [0.25, 0.3) is 5.57 Å². The smallest absolute Gasteiger partial charge is 0.454 e. The number of furan rings is 1. The minimum absolute atomic E-state index is 0.0671. The predicted octanol–water partition coefficient (Wildman–Crippen LogP) is 3.59. The summed E-state index contributed by atoms with van der Waals surface area (Å²) in [5, 5.41) is 0. The molecule has 2 unspecified atom stereocenters. The van der Waals surface area contributed by atoms with Crippen molar-refractivity contribution in [3.8, 4) is 0 Å². The molecule has 18 heavy (non-hydrogen) atoms. The molecule has 2 aliphatic carbocycles. The zero-order valence-corrected chi connectivity index (χ0v) is 9.46. The quantitative estimate of drug-likeness (QED) is 0.809. The first kappa shape index (κ1) is 11.6. The van der Waals surface area contributed by atoms with Gasteiger partial charge in [-0.1, -0.05) is 6.42 Å². The van der Waals surface area contributed by atoms with E-state index in [0.29, 0.717) is 17.8 Å². The molecule has 0 amide bonds. The lowest BCUT2D eigenvalue weighted by Crippen LogP contribution is -2.37. The molecule has 1 aromatic heterocycles. The molecule has 2 atom stereocenters. The highest BCUT2D eigenvalue weighted by Crippen LogP contribution is 2.56. The minimum atomic E-state index is -4.79. The van der Waals surface area contributed by atoms with Crippen LogP contribution in [0.15, 0.2) is 28.4 Å². The minimum Gasteiger partial charge on any atom is -0.465 e. The van der Waals surface area contributed by atoms with E-state index in [0.717, 1.165) is 12.8 Å². The van der Waals surface area contributed by atoms with Gasteiger partial charge in [-0.15, -0.1) is 0 Å². The molecule has 0 spiro atoms. The van der Waals surface area contributed by atoms with Crippen molar-refractivity contribution in [2.24, 2.45) is 11.8 Å². The topological polar surface area (TPSA) is 30.2 Å². The number of ketones is 1. The SMILES string of the molecule is O=C(C1=C(c2ccco2)C2CCCC12)C(F)(F)F. The Morgan fingerprint density at radius 1 is 1.28 bits per heavy atom. The second-order valence-electron chi connectivity index (χ2n) is 4.78. The Bertz CT molecular complexity index is 511. The number of hydrogen-bond acceptors (Lipinski definition) is 2. The van der Waals surface area contributed by atoms with Crippen molar-refractivity contribution < 1.29 is 22.4 Å². The zero-order valence-electron chi connectivity index (χ0n) is 9.46. The maximum atomic E-state index is 12.6. The average molecular weight is 256 g/mol. The van der Waals surface area contributed by atoms with E-state index in [-0.39, 0.29) is 17.4 Å². The standard InChI is InChI=1S/C13H11F3O2/c14-13(15,16)12(17)11-8-4-1-3-7(8)10(11)9-5-2-6-18-9/h2,5-8H,1,3-4H2. The first-order valence-corrected chi connectivity index (χ1v) is 5.89. The van der Waals surface area contributed by atoms with Crippen LogP contribution < -0.4 is 0 Å². The van der Waals surface area contributed by atoms with E-state index in [9.17, 15) is 18.0 Å². The summed E-state index contributed by atoms with van der Waals surface area (Å²) >= 11 is 0. The number of alkyl halides is 3. The predicted molar refractivity (Wildman–Crippen MR) is 57.5 cm³/mol. The number of carbonyl (C=O) groups excluding carboxylic acids is 1. The van der Waals surface area contributed by atoms with E-state index in [4.69, 9.17) is 4.42 Å². The van der Waals surface area contributed by atoms with Gasteiger partial charge in [0.2, 0.25) is 0 Å². The molecule has 1 saturated carbocycles. The van der Waals surface area contributed by atoms with Crippen molar-refractivity contribution in [1.82, 2.24) is 0 Å². The van der Waals surface area contributed by atoms with Crippen LogP contribution in [0, 0.1) is 11.8 Å². The van der Waals surface area contributed by atoms with Gasteiger partial charge in [-0.25, -0.2) is 0 Å². The molecule has 0 aliphatic heterocycles. The molecular formula is C13H11F3O2. The fraction of sp³-hybridized carbons (Fsp3) is 0.462. The summed E-state index contributed by atoms with van der Waals surface area (Å²) in [5.41, 5.74) is 0.407. The third-order valence-corrected chi connectivity index (χ3v) is 3.84. The molecule has 0 bridgehead atoms. The van der Waals surface area contributed by atoms with E-state index < -0.39 is 12.0 Å². The molecule has 5 heteroatoms. The third-order valence-electron chi connectivity index (χ3n) is 3.84. The summed E-state index contributed by atoms with van der Waals surface area (Å²) in [6.45, 7) is 0. The van der Waals surface area contributed by atoms with Crippen molar-refractivity contribution in [2.45, 2.75) is 25.4 Å². The lowest BCUT2D eigenvalue weighted by Gasteiger charge is -2.36. The van der Waals surface area contributed by atoms with Gasteiger partial charge in [0, 0.05) is 11.1 Å². The molecule has 0 radical (unpaired) electrons. The number of hydrogen-bond donors (Lipinski definition) is 0. The molecule has 0 N–H and O–H groups in total. The number of fused-ring (bicyclic) bond motifs is 1. The Balaban J connectivity index is 2.05. The number of allylic oxidation sites excluding steroid dienone is 2. The molecule has 2 nitrogen and oxygen atoms in total. The van der Waals surface area contributed by atoms with Crippen LogP contribution in [0.5, 0.6) is 0 Å². The Hall–Kier alpha value is -1.52. The zero-order chi connectivity index (χ0) is 12.9. The second kappa shape index (κ2) is 3.73. The highest BCUT2D eigenvalue weighted by atomic mass is 19.4. The Morgan fingerprint density at radius 3 is 2.61 bits per heavy atom. The van der Waals surface area contributed by atoms with Gasteiger partial charge in [-0.3, -0.25) is 4.79 Å². The van der Waals surface area contributed by atoms with Gasteiger partial charge in [0.25, 0.3) is 5.78 Å². The van der Waals surface area contributed by atoms with Gasteiger partial charge in [0.1, 0.15) is 5.76 Å². The second-order valence-corrected chi connectivity index (χ2v) is 4.78. The maximum Gasteiger partial charge on any atom is 0.454 e. The van der Waals surface area contributed by atoms with Gasteiger partial charge in [-0.05, 0) is 36.8 Å². The van der Waals surface area contributed by atoms with Crippen LogP contribution in [0.2, 0.25) is 0 Å². The van der Waals surface area contributed by atoms with E-state index in [1.807, 2.05) is 0 Å². The Morgan fingerprint density at radius 2 is 2.00 bits per heavy atom. The summed E-state index contributed by atoms with van der Waals surface area (Å²) in [6.07, 6.45) is -0.990. The first-order valence-electron chi connectivity index (χ1n) is 5.89. The third kappa shape index (κ3) is 1.53. The summed E-state index contributed by atoms with van der Waals surface area (Å²) in [7, 11) is 0. The highest BCUT2D eigenvalue weighted by Gasteiger charge is 2.53. The molecule has 3 rings (SSSR count). The van der Waals surface area contributed by atoms with Crippen LogP contribution in [-0.4, -0.2) is 12.0 Å². The van der Waals surface area contributed by atoms with Crippen molar-refractivity contribution in [3.63, 3.8) is 0 Å². The van der Waals surface area contributed by atoms with Gasteiger partial charge >= 0.3 is 6.18 Å². The monoisotopic (exact) mass is 256 g/mol. The normalized spacial score (nSPS) is 27.1. The van der Waals surface area contributed by atoms with Crippen LogP contribution >= 0.6 is 0 Å². The average Bonchev–Trinajstić information content (AvgIpc) is 2.89. The van der Waals surface area contributed by atoms with Crippen LogP contribution in [0.3, 0.4) is 0 Å². The van der Waals surface area contributed by atoms with Crippen molar-refractivity contribution in [2.75, 3.05) is 0 Å². The van der Waals surface area contributed by atoms with E-state index in [2.05, 4.69) is 0 Å². The Kier molecular flexibility index (Phi) is 2.40. The Labute approximate surface area is 101 Å². The summed E-state index contributed by atoms with van der Waals surface area (Å²) in [5.74, 6) is -1.44. The summed E-state index contributed by atoms with van der Waals surface area (Å²) in [4.78, 5) is 11.5. The molecule has 1 heterocycles. The van der Waals surface area contributed by atoms with E-state index in [1.54, 1.807) is 12.1 Å². The maximum absolute atomic E-state index is 12.6. The molecule has 0 saturated heterocycles. The van der Waals surface area contributed by atoms with E-state index >= 15 is 0 Å². The van der Waals surface area contributed by atoms with Crippen LogP contribution in [0.4, 0.5) is 13.2 Å². The van der Waals surface area contributed by atoms with Gasteiger partial charge in [0.05, 0.1) is 6.26 Å². The van der Waals surface area contributed by atoms with Crippen LogP contribution in [-0.2, 0) is 4.79 Å². The van der Waals surface area contributed by atoms with Gasteiger partial charge in [0.15, 0.2) is 0 Å². The number of halogens is 3. The van der Waals surface area contributed by atoms with Gasteiger partial charge in [-0.2, -0.15) is 13.2 Å².